The highest BCUT2D eigenvalue weighted by atomic mass is 16.3. The fourth-order valence-corrected chi connectivity index (χ4v) is 4.54. The fourth-order valence-electron chi connectivity index (χ4n) is 4.54. The van der Waals surface area contributed by atoms with Crippen LogP contribution in [0.3, 0.4) is 0 Å². The molecule has 2 aliphatic heterocycles. The summed E-state index contributed by atoms with van der Waals surface area (Å²) >= 11 is 0. The molecule has 2 aromatic carbocycles. The molecule has 2 aromatic rings. The van der Waals surface area contributed by atoms with E-state index in [2.05, 4.69) is 51.5 Å². The van der Waals surface area contributed by atoms with Crippen LogP contribution in [0, 0.1) is 0 Å². The summed E-state index contributed by atoms with van der Waals surface area (Å²) in [5.74, 6) is 0.431. The average Bonchev–Trinajstić information content (AvgIpc) is 2.81. The Morgan fingerprint density at radius 3 is 2.42 bits per heavy atom. The van der Waals surface area contributed by atoms with Crippen LogP contribution in [0.15, 0.2) is 60.7 Å². The summed E-state index contributed by atoms with van der Waals surface area (Å²) in [6, 6.07) is 18.1. The summed E-state index contributed by atoms with van der Waals surface area (Å²) in [4.78, 5) is 17.6. The minimum absolute atomic E-state index is 0.125. The minimum atomic E-state index is -0.125. The van der Waals surface area contributed by atoms with Gasteiger partial charge in [0.05, 0.1) is 6.04 Å². The number of piperidine rings is 1. The van der Waals surface area contributed by atoms with E-state index in [4.69, 9.17) is 0 Å². The number of likely N-dealkylation sites (tertiary alicyclic amines) is 1. The molecule has 0 saturated carbocycles. The van der Waals surface area contributed by atoms with E-state index in [9.17, 15) is 9.90 Å². The van der Waals surface area contributed by atoms with Crippen LogP contribution < -0.4 is 5.32 Å². The second kappa shape index (κ2) is 10.1. The Morgan fingerprint density at radius 2 is 1.77 bits per heavy atom. The van der Waals surface area contributed by atoms with Crippen molar-refractivity contribution in [1.82, 2.24) is 15.1 Å². The Morgan fingerprint density at radius 1 is 1.06 bits per heavy atom. The molecule has 1 saturated heterocycles. The number of nitrogens with one attached hydrogen (secondary N) is 1. The summed E-state index contributed by atoms with van der Waals surface area (Å²) in [6.45, 7) is 6.70. The van der Waals surface area contributed by atoms with E-state index in [1.54, 1.807) is 12.1 Å². The number of benzene rings is 2. The van der Waals surface area contributed by atoms with Crippen LogP contribution in [0.25, 0.3) is 5.57 Å². The fraction of sp³-hybridized carbons (Fsp3) is 0.423. The van der Waals surface area contributed by atoms with Crippen molar-refractivity contribution in [3.05, 3.63) is 71.8 Å². The molecule has 0 spiro atoms. The van der Waals surface area contributed by atoms with E-state index in [-0.39, 0.29) is 23.7 Å². The van der Waals surface area contributed by atoms with E-state index in [1.807, 2.05) is 19.1 Å². The second-order valence-electron chi connectivity index (χ2n) is 8.74. The van der Waals surface area contributed by atoms with E-state index in [0.29, 0.717) is 0 Å². The predicted molar refractivity (Wildman–Crippen MR) is 125 cm³/mol. The molecule has 5 nitrogen and oxygen atoms in total. The lowest BCUT2D eigenvalue weighted by atomic mass is 9.98. The number of nitrogens with zero attached hydrogens (tertiary/aromatic N) is 2. The first-order valence-corrected chi connectivity index (χ1v) is 11.4. The number of hydrogen-bond donors (Lipinski definition) is 2. The van der Waals surface area contributed by atoms with E-state index in [0.717, 1.165) is 57.5 Å². The van der Waals surface area contributed by atoms with Crippen LogP contribution in [-0.2, 0) is 11.3 Å². The largest absolute Gasteiger partial charge is 0.508 e. The molecule has 0 aliphatic carbocycles. The molecule has 1 fully saturated rings. The van der Waals surface area contributed by atoms with Crippen LogP contribution in [0.4, 0.5) is 0 Å². The topological polar surface area (TPSA) is 55.8 Å². The van der Waals surface area contributed by atoms with Gasteiger partial charge < -0.3 is 10.4 Å². The summed E-state index contributed by atoms with van der Waals surface area (Å²) < 4.78 is 0. The maximum absolute atomic E-state index is 12.9. The first-order valence-electron chi connectivity index (χ1n) is 11.4. The van der Waals surface area contributed by atoms with E-state index in [1.165, 1.54) is 11.1 Å². The molecule has 31 heavy (non-hydrogen) atoms. The first-order chi connectivity index (χ1) is 15.1. The summed E-state index contributed by atoms with van der Waals surface area (Å²) in [5, 5.41) is 12.8. The number of amides is 1. The quantitative estimate of drug-likeness (QED) is 0.751. The Hall–Kier alpha value is -2.63. The van der Waals surface area contributed by atoms with Crippen LogP contribution in [0.1, 0.15) is 37.3 Å². The van der Waals surface area contributed by atoms with Gasteiger partial charge in [-0.2, -0.15) is 0 Å². The van der Waals surface area contributed by atoms with Crippen molar-refractivity contribution in [3.8, 4) is 5.75 Å². The molecule has 1 amide bonds. The van der Waals surface area contributed by atoms with Crippen LogP contribution in [-0.4, -0.2) is 59.1 Å². The monoisotopic (exact) mass is 419 g/mol. The van der Waals surface area contributed by atoms with E-state index >= 15 is 0 Å². The van der Waals surface area contributed by atoms with Gasteiger partial charge >= 0.3 is 0 Å². The zero-order valence-electron chi connectivity index (χ0n) is 18.3. The summed E-state index contributed by atoms with van der Waals surface area (Å²) in [5.41, 5.74) is 3.79. The van der Waals surface area contributed by atoms with Crippen molar-refractivity contribution in [2.75, 3.05) is 26.2 Å². The smallest absolute Gasteiger partial charge is 0.237 e. The van der Waals surface area contributed by atoms with Gasteiger partial charge in [-0.25, -0.2) is 0 Å². The van der Waals surface area contributed by atoms with Crippen LogP contribution in [0.5, 0.6) is 5.75 Å². The molecule has 0 radical (unpaired) electrons. The van der Waals surface area contributed by atoms with Crippen molar-refractivity contribution in [2.45, 2.75) is 44.8 Å². The molecule has 164 valence electrons. The normalized spacial score (nSPS) is 19.6. The predicted octanol–water partition coefficient (Wildman–Crippen LogP) is 3.65. The SMILES string of the molecule is CC(C(=O)NC1CCN(Cc2ccccc2)CC1)N1CC=C(c2ccc(O)cc2)CC1. The van der Waals surface area contributed by atoms with Gasteiger partial charge in [0.25, 0.3) is 0 Å². The highest BCUT2D eigenvalue weighted by Gasteiger charge is 2.27. The Bertz CT molecular complexity index is 887. The molecule has 1 atom stereocenters. The molecule has 2 aliphatic rings. The minimum Gasteiger partial charge on any atom is -0.508 e. The average molecular weight is 420 g/mol. The van der Waals surface area contributed by atoms with Gasteiger partial charge in [0.2, 0.25) is 5.91 Å². The van der Waals surface area contributed by atoms with Gasteiger partial charge in [-0.1, -0.05) is 48.5 Å². The van der Waals surface area contributed by atoms with Gasteiger partial charge in [0, 0.05) is 38.8 Å². The first kappa shape index (κ1) is 21.6. The Labute approximate surface area is 185 Å². The number of carbonyl (C=O) groups is 1. The van der Waals surface area contributed by atoms with E-state index < -0.39 is 0 Å². The van der Waals surface area contributed by atoms with Crippen molar-refractivity contribution in [2.24, 2.45) is 0 Å². The third-order valence-corrected chi connectivity index (χ3v) is 6.59. The highest BCUT2D eigenvalue weighted by Crippen LogP contribution is 2.25. The molecule has 2 heterocycles. The molecule has 0 bridgehead atoms. The molecule has 1 unspecified atom stereocenters. The number of phenolic OH excluding ortho intramolecular Hbond substituents is 1. The number of carbonyl (C=O) groups excluding carboxylic acids is 1. The van der Waals surface area contributed by atoms with Crippen molar-refractivity contribution in [3.63, 3.8) is 0 Å². The number of rotatable bonds is 6. The van der Waals surface area contributed by atoms with Gasteiger partial charge in [0.15, 0.2) is 0 Å². The molecular weight excluding hydrogens is 386 g/mol. The molecular formula is C26H33N3O2. The summed E-state index contributed by atoms with van der Waals surface area (Å²) in [6.07, 6.45) is 5.15. The number of hydrogen-bond acceptors (Lipinski definition) is 4. The van der Waals surface area contributed by atoms with Gasteiger partial charge in [-0.3, -0.25) is 14.6 Å². The summed E-state index contributed by atoms with van der Waals surface area (Å²) in [7, 11) is 0. The van der Waals surface area contributed by atoms with Gasteiger partial charge in [-0.15, -0.1) is 0 Å². The molecule has 5 heteroatoms. The van der Waals surface area contributed by atoms with Gasteiger partial charge in [-0.05, 0) is 55.0 Å². The number of aromatic hydroxyl groups is 1. The maximum Gasteiger partial charge on any atom is 0.237 e. The lowest BCUT2D eigenvalue weighted by Crippen LogP contribution is -2.51. The van der Waals surface area contributed by atoms with Gasteiger partial charge in [0.1, 0.15) is 5.75 Å². The molecule has 0 aromatic heterocycles. The lowest BCUT2D eigenvalue weighted by Gasteiger charge is -2.35. The van der Waals surface area contributed by atoms with Crippen molar-refractivity contribution in [1.29, 1.82) is 0 Å². The standard InChI is InChI=1S/C26H33N3O2/c1-20(29-17-11-23(12-18-29)22-7-9-25(30)10-8-22)26(31)27-24-13-15-28(16-14-24)19-21-5-3-2-4-6-21/h2-11,20,24,30H,12-19H2,1H3,(H,27,31). The van der Waals surface area contributed by atoms with Crippen LogP contribution in [0.2, 0.25) is 0 Å². The molecule has 2 N–H and O–H groups in total. The van der Waals surface area contributed by atoms with Crippen molar-refractivity contribution < 1.29 is 9.90 Å². The zero-order valence-corrected chi connectivity index (χ0v) is 18.3. The van der Waals surface area contributed by atoms with Crippen LogP contribution >= 0.6 is 0 Å². The van der Waals surface area contributed by atoms with Crippen molar-refractivity contribution >= 4 is 11.5 Å². The Balaban J connectivity index is 1.22. The third kappa shape index (κ3) is 5.75. The number of phenols is 1. The molecule has 4 rings (SSSR count). The second-order valence-corrected chi connectivity index (χ2v) is 8.74. The Kier molecular flexibility index (Phi) is 7.05. The zero-order chi connectivity index (χ0) is 21.6. The lowest BCUT2D eigenvalue weighted by molar-refractivity contribution is -0.126. The third-order valence-electron chi connectivity index (χ3n) is 6.59. The highest BCUT2D eigenvalue weighted by molar-refractivity contribution is 5.82. The maximum atomic E-state index is 12.9.